The molecular formula is C10H15N3O3. The fraction of sp³-hybridized carbons (Fsp3) is 0.400. The lowest BCUT2D eigenvalue weighted by molar-refractivity contribution is -0.119. The quantitative estimate of drug-likeness (QED) is 0.536. The predicted molar refractivity (Wildman–Crippen MR) is 58.3 cm³/mol. The highest BCUT2D eigenvalue weighted by atomic mass is 16.3. The molecule has 0 saturated heterocycles. The Morgan fingerprint density at radius 3 is 2.88 bits per heavy atom. The number of pyridine rings is 1. The third-order valence-electron chi connectivity index (χ3n) is 2.03. The van der Waals surface area contributed by atoms with Gasteiger partial charge in [-0.25, -0.2) is 0 Å². The fourth-order valence-corrected chi connectivity index (χ4v) is 1.18. The number of hydrogen-bond donors (Lipinski definition) is 4. The number of nitrogens with zero attached hydrogens (tertiary/aromatic N) is 1. The topological polar surface area (TPSA) is 108 Å². The van der Waals surface area contributed by atoms with Gasteiger partial charge in [-0.15, -0.1) is 0 Å². The molecule has 16 heavy (non-hydrogen) atoms. The molecule has 1 aromatic heterocycles. The van der Waals surface area contributed by atoms with Gasteiger partial charge < -0.3 is 21.3 Å². The molecule has 0 aliphatic carbocycles. The summed E-state index contributed by atoms with van der Waals surface area (Å²) in [6.45, 7) is 1.30. The van der Waals surface area contributed by atoms with Gasteiger partial charge in [0.25, 0.3) is 0 Å². The number of rotatable bonds is 4. The molecule has 0 saturated carbocycles. The second kappa shape index (κ2) is 5.43. The van der Waals surface area contributed by atoms with Crippen LogP contribution in [0.5, 0.6) is 0 Å². The molecule has 5 N–H and O–H groups in total. The number of carbonyl (C=O) groups is 1. The second-order valence-corrected chi connectivity index (χ2v) is 3.46. The van der Waals surface area contributed by atoms with Gasteiger partial charge >= 0.3 is 0 Å². The largest absolute Gasteiger partial charge is 0.399 e. The molecule has 88 valence electrons. The first-order valence-corrected chi connectivity index (χ1v) is 4.82. The molecule has 1 rings (SSSR count). The molecule has 2 unspecified atom stereocenters. The maximum absolute atomic E-state index is 10.6. The molecule has 6 heteroatoms. The number of aromatic nitrogens is 1. The minimum atomic E-state index is -1.17. The van der Waals surface area contributed by atoms with E-state index in [-0.39, 0.29) is 18.1 Å². The van der Waals surface area contributed by atoms with Gasteiger partial charge in [0.2, 0.25) is 5.91 Å². The molecule has 1 heterocycles. The summed E-state index contributed by atoms with van der Waals surface area (Å²) in [6.07, 6.45) is -0.840. The number of anilines is 1. The third-order valence-corrected chi connectivity index (χ3v) is 2.03. The Morgan fingerprint density at radius 2 is 2.31 bits per heavy atom. The second-order valence-electron chi connectivity index (χ2n) is 3.46. The van der Waals surface area contributed by atoms with Crippen molar-refractivity contribution in [2.75, 3.05) is 12.3 Å². The van der Waals surface area contributed by atoms with Gasteiger partial charge in [0.1, 0.15) is 12.2 Å². The van der Waals surface area contributed by atoms with Crippen molar-refractivity contribution in [2.24, 2.45) is 0 Å². The lowest BCUT2D eigenvalue weighted by Gasteiger charge is -2.17. The third kappa shape index (κ3) is 3.48. The normalized spacial score (nSPS) is 14.2. The molecule has 0 aliphatic heterocycles. The minimum absolute atomic E-state index is 0.0347. The summed E-state index contributed by atoms with van der Waals surface area (Å²) in [5.74, 6) is -0.271. The van der Waals surface area contributed by atoms with Crippen molar-refractivity contribution in [1.82, 2.24) is 10.3 Å². The first kappa shape index (κ1) is 12.4. The molecule has 2 atom stereocenters. The average molecular weight is 225 g/mol. The summed E-state index contributed by atoms with van der Waals surface area (Å²) in [7, 11) is 0. The Balaban J connectivity index is 2.62. The summed E-state index contributed by atoms with van der Waals surface area (Å²) in [6, 6.07) is 3.05. The highest BCUT2D eigenvalue weighted by Gasteiger charge is 2.19. The van der Waals surface area contributed by atoms with Crippen molar-refractivity contribution in [3.63, 3.8) is 0 Å². The van der Waals surface area contributed by atoms with E-state index in [1.54, 1.807) is 6.07 Å². The zero-order valence-electron chi connectivity index (χ0n) is 8.92. The molecule has 0 radical (unpaired) electrons. The highest BCUT2D eigenvalue weighted by Crippen LogP contribution is 2.16. The Hall–Kier alpha value is -1.66. The average Bonchev–Trinajstić information content (AvgIpc) is 2.24. The molecule has 1 amide bonds. The van der Waals surface area contributed by atoms with Crippen molar-refractivity contribution >= 4 is 11.6 Å². The zero-order valence-corrected chi connectivity index (χ0v) is 8.92. The molecule has 0 spiro atoms. The van der Waals surface area contributed by atoms with Crippen LogP contribution in [0.4, 0.5) is 5.69 Å². The van der Waals surface area contributed by atoms with Crippen molar-refractivity contribution < 1.29 is 15.0 Å². The summed E-state index contributed by atoms with van der Waals surface area (Å²) in [4.78, 5) is 14.5. The van der Waals surface area contributed by atoms with E-state index in [9.17, 15) is 15.0 Å². The summed E-state index contributed by atoms with van der Waals surface area (Å²) < 4.78 is 0. The highest BCUT2D eigenvalue weighted by molar-refractivity contribution is 5.72. The number of aliphatic hydroxyl groups is 2. The van der Waals surface area contributed by atoms with Crippen LogP contribution in [-0.2, 0) is 4.79 Å². The van der Waals surface area contributed by atoms with E-state index in [0.29, 0.717) is 5.69 Å². The van der Waals surface area contributed by atoms with E-state index in [1.165, 1.54) is 19.2 Å². The Labute approximate surface area is 93.1 Å². The van der Waals surface area contributed by atoms with Crippen molar-refractivity contribution in [3.05, 3.63) is 24.0 Å². The summed E-state index contributed by atoms with van der Waals surface area (Å²) >= 11 is 0. The number of amides is 1. The van der Waals surface area contributed by atoms with Gasteiger partial charge in [0.05, 0.1) is 5.69 Å². The fourth-order valence-electron chi connectivity index (χ4n) is 1.18. The monoisotopic (exact) mass is 225 g/mol. The molecule has 6 nitrogen and oxygen atoms in total. The minimum Gasteiger partial charge on any atom is -0.399 e. The van der Waals surface area contributed by atoms with Crippen LogP contribution in [-0.4, -0.2) is 33.8 Å². The number of nitrogens with two attached hydrogens (primary N) is 1. The summed E-state index contributed by atoms with van der Waals surface area (Å²) in [5, 5.41) is 21.7. The van der Waals surface area contributed by atoms with Gasteiger partial charge in [-0.3, -0.25) is 9.78 Å². The Kier molecular flexibility index (Phi) is 4.21. The maximum atomic E-state index is 10.6. The number of nitrogen functional groups attached to an aromatic ring is 1. The van der Waals surface area contributed by atoms with E-state index in [2.05, 4.69) is 10.3 Å². The van der Waals surface area contributed by atoms with E-state index < -0.39 is 12.2 Å². The lowest BCUT2D eigenvalue weighted by atomic mass is 10.1. The van der Waals surface area contributed by atoms with Gasteiger partial charge in [-0.05, 0) is 12.1 Å². The van der Waals surface area contributed by atoms with Crippen LogP contribution in [0.1, 0.15) is 18.7 Å². The number of nitrogens with one attached hydrogen (secondary N) is 1. The molecule has 1 aromatic rings. The zero-order chi connectivity index (χ0) is 12.1. The SMILES string of the molecule is CC(=O)NCC(O)C(O)c1cc(N)ccn1. The van der Waals surface area contributed by atoms with E-state index in [1.807, 2.05) is 0 Å². The number of aliphatic hydroxyl groups excluding tert-OH is 2. The standard InChI is InChI=1S/C10H15N3O3/c1-6(14)13-5-9(15)10(16)8-4-7(11)2-3-12-8/h2-4,9-10,15-16H,5H2,1H3,(H2,11,12)(H,13,14). The lowest BCUT2D eigenvalue weighted by Crippen LogP contribution is -2.34. The summed E-state index contributed by atoms with van der Waals surface area (Å²) in [5.41, 5.74) is 6.25. The van der Waals surface area contributed by atoms with Crippen LogP contribution < -0.4 is 11.1 Å². The van der Waals surface area contributed by atoms with Crippen LogP contribution in [0.2, 0.25) is 0 Å². The molecule has 0 aromatic carbocycles. The molecule has 0 bridgehead atoms. The molecule has 0 fully saturated rings. The Morgan fingerprint density at radius 1 is 1.62 bits per heavy atom. The van der Waals surface area contributed by atoms with E-state index in [0.717, 1.165) is 0 Å². The first-order chi connectivity index (χ1) is 7.50. The first-order valence-electron chi connectivity index (χ1n) is 4.82. The van der Waals surface area contributed by atoms with Crippen molar-refractivity contribution in [3.8, 4) is 0 Å². The van der Waals surface area contributed by atoms with Crippen LogP contribution >= 0.6 is 0 Å². The van der Waals surface area contributed by atoms with E-state index >= 15 is 0 Å². The maximum Gasteiger partial charge on any atom is 0.216 e. The molecular weight excluding hydrogens is 210 g/mol. The van der Waals surface area contributed by atoms with Gasteiger partial charge in [-0.2, -0.15) is 0 Å². The predicted octanol–water partition coefficient (Wildman–Crippen LogP) is -0.806. The smallest absolute Gasteiger partial charge is 0.216 e. The van der Waals surface area contributed by atoms with Crippen molar-refractivity contribution in [1.29, 1.82) is 0 Å². The van der Waals surface area contributed by atoms with Crippen LogP contribution in [0.15, 0.2) is 18.3 Å². The van der Waals surface area contributed by atoms with Crippen LogP contribution in [0.3, 0.4) is 0 Å². The number of hydrogen-bond acceptors (Lipinski definition) is 5. The molecule has 0 aliphatic rings. The van der Waals surface area contributed by atoms with Crippen LogP contribution in [0.25, 0.3) is 0 Å². The van der Waals surface area contributed by atoms with Gasteiger partial charge in [-0.1, -0.05) is 0 Å². The number of carbonyl (C=O) groups excluding carboxylic acids is 1. The van der Waals surface area contributed by atoms with Gasteiger partial charge in [0, 0.05) is 25.4 Å². The van der Waals surface area contributed by atoms with Crippen LogP contribution in [0, 0.1) is 0 Å². The Bertz CT molecular complexity index is 370. The van der Waals surface area contributed by atoms with E-state index in [4.69, 9.17) is 5.73 Å². The van der Waals surface area contributed by atoms with Gasteiger partial charge in [0.15, 0.2) is 0 Å². The van der Waals surface area contributed by atoms with Crippen molar-refractivity contribution in [2.45, 2.75) is 19.1 Å².